The van der Waals surface area contributed by atoms with Gasteiger partial charge in [-0.25, -0.2) is 9.18 Å². The van der Waals surface area contributed by atoms with Crippen LogP contribution in [0.4, 0.5) is 14.9 Å². The first-order valence-corrected chi connectivity index (χ1v) is 5.49. The lowest BCUT2D eigenvalue weighted by Crippen LogP contribution is -2.38. The molecule has 0 bridgehead atoms. The topological polar surface area (TPSA) is 59.0 Å². The fourth-order valence-corrected chi connectivity index (χ4v) is 2.11. The summed E-state index contributed by atoms with van der Waals surface area (Å²) in [7, 11) is 1.79. The first-order chi connectivity index (χ1) is 8.63. The maximum absolute atomic E-state index is 13.3. The van der Waals surface area contributed by atoms with Gasteiger partial charge in [-0.05, 0) is 18.2 Å². The molecule has 1 aliphatic heterocycles. The number of hydrogen-bond donors (Lipinski definition) is 2. The Bertz CT molecular complexity index is 622. The number of nitrogens with zero attached hydrogens (tertiary/aromatic N) is 2. The number of benzene rings is 1. The SMILES string of the molecule is Cn1cc(C2NC(=O)Nc3ccc(F)cc32)cn1. The van der Waals surface area contributed by atoms with Gasteiger partial charge in [-0.15, -0.1) is 0 Å². The van der Waals surface area contributed by atoms with Crippen molar-refractivity contribution in [3.8, 4) is 0 Å². The lowest BCUT2D eigenvalue weighted by Gasteiger charge is -2.26. The van der Waals surface area contributed by atoms with Gasteiger partial charge in [-0.1, -0.05) is 0 Å². The summed E-state index contributed by atoms with van der Waals surface area (Å²) in [5.74, 6) is -0.333. The van der Waals surface area contributed by atoms with Crippen LogP contribution in [-0.2, 0) is 7.05 Å². The summed E-state index contributed by atoms with van der Waals surface area (Å²) in [5, 5.41) is 9.47. The minimum absolute atomic E-state index is 0.303. The number of nitrogens with one attached hydrogen (secondary N) is 2. The predicted molar refractivity (Wildman–Crippen MR) is 63.6 cm³/mol. The van der Waals surface area contributed by atoms with E-state index < -0.39 is 0 Å². The summed E-state index contributed by atoms with van der Waals surface area (Å²) in [5.41, 5.74) is 2.14. The standard InChI is InChI=1S/C12H11FN4O/c1-17-6-7(5-14-17)11-9-4-8(13)2-3-10(9)15-12(18)16-11/h2-6,11H,1H3,(H2,15,16,18). The number of carbonyl (C=O) groups excluding carboxylic acids is 1. The van der Waals surface area contributed by atoms with E-state index in [1.807, 2.05) is 0 Å². The zero-order valence-corrected chi connectivity index (χ0v) is 9.64. The van der Waals surface area contributed by atoms with Gasteiger partial charge in [0.15, 0.2) is 0 Å². The van der Waals surface area contributed by atoms with Crippen LogP contribution in [0.3, 0.4) is 0 Å². The molecule has 1 aliphatic rings. The van der Waals surface area contributed by atoms with Crippen molar-refractivity contribution >= 4 is 11.7 Å². The Morgan fingerprint density at radius 2 is 2.28 bits per heavy atom. The van der Waals surface area contributed by atoms with E-state index in [0.717, 1.165) is 5.56 Å². The smallest absolute Gasteiger partial charge is 0.320 e. The number of rotatable bonds is 1. The predicted octanol–water partition coefficient (Wildman–Crippen LogP) is 1.78. The highest BCUT2D eigenvalue weighted by atomic mass is 19.1. The Morgan fingerprint density at radius 1 is 1.44 bits per heavy atom. The van der Waals surface area contributed by atoms with Crippen LogP contribution < -0.4 is 10.6 Å². The van der Waals surface area contributed by atoms with Gasteiger partial charge in [0.1, 0.15) is 5.82 Å². The molecule has 0 aliphatic carbocycles. The Kier molecular flexibility index (Phi) is 2.29. The van der Waals surface area contributed by atoms with Gasteiger partial charge in [-0.2, -0.15) is 5.10 Å². The van der Waals surface area contributed by atoms with E-state index in [-0.39, 0.29) is 17.9 Å². The fourth-order valence-electron chi connectivity index (χ4n) is 2.11. The first kappa shape index (κ1) is 10.8. The molecule has 6 heteroatoms. The van der Waals surface area contributed by atoms with E-state index >= 15 is 0 Å². The zero-order valence-electron chi connectivity index (χ0n) is 9.64. The number of aryl methyl sites for hydroxylation is 1. The molecule has 0 saturated heterocycles. The molecule has 0 fully saturated rings. The molecular formula is C12H11FN4O. The van der Waals surface area contributed by atoms with Gasteiger partial charge >= 0.3 is 6.03 Å². The number of anilines is 1. The van der Waals surface area contributed by atoms with Crippen LogP contribution in [-0.4, -0.2) is 15.8 Å². The van der Waals surface area contributed by atoms with Gasteiger partial charge in [0.2, 0.25) is 0 Å². The van der Waals surface area contributed by atoms with E-state index in [1.54, 1.807) is 30.2 Å². The molecule has 1 atom stereocenters. The molecule has 1 aromatic heterocycles. The van der Waals surface area contributed by atoms with Crippen LogP contribution in [0.2, 0.25) is 0 Å². The van der Waals surface area contributed by atoms with Crippen molar-refractivity contribution in [2.24, 2.45) is 7.05 Å². The van der Waals surface area contributed by atoms with Crippen molar-refractivity contribution in [1.82, 2.24) is 15.1 Å². The summed E-state index contributed by atoms with van der Waals surface area (Å²) >= 11 is 0. The second-order valence-electron chi connectivity index (χ2n) is 4.21. The quantitative estimate of drug-likeness (QED) is 0.805. The molecule has 18 heavy (non-hydrogen) atoms. The summed E-state index contributed by atoms with van der Waals surface area (Å²) < 4.78 is 15.0. The van der Waals surface area contributed by atoms with E-state index in [9.17, 15) is 9.18 Å². The molecule has 0 saturated carbocycles. The molecule has 2 heterocycles. The van der Waals surface area contributed by atoms with Gasteiger partial charge in [0.05, 0.1) is 12.2 Å². The number of aromatic nitrogens is 2. The largest absolute Gasteiger partial charge is 0.327 e. The summed E-state index contributed by atoms with van der Waals surface area (Å²) in [6.07, 6.45) is 3.45. The molecule has 2 aromatic rings. The highest BCUT2D eigenvalue weighted by molar-refractivity contribution is 5.93. The third-order valence-electron chi connectivity index (χ3n) is 2.91. The van der Waals surface area contributed by atoms with Crippen LogP contribution in [0.1, 0.15) is 17.2 Å². The average Bonchev–Trinajstić information content (AvgIpc) is 2.75. The maximum atomic E-state index is 13.3. The van der Waals surface area contributed by atoms with E-state index in [0.29, 0.717) is 11.3 Å². The Morgan fingerprint density at radius 3 is 3.00 bits per heavy atom. The number of fused-ring (bicyclic) bond motifs is 1. The highest BCUT2D eigenvalue weighted by Gasteiger charge is 2.26. The minimum Gasteiger partial charge on any atom is -0.327 e. The van der Waals surface area contributed by atoms with Crippen molar-refractivity contribution < 1.29 is 9.18 Å². The normalized spacial score (nSPS) is 17.9. The molecule has 1 unspecified atom stereocenters. The van der Waals surface area contributed by atoms with Crippen molar-refractivity contribution in [2.45, 2.75) is 6.04 Å². The van der Waals surface area contributed by atoms with E-state index in [1.165, 1.54) is 12.1 Å². The third kappa shape index (κ3) is 1.71. The molecule has 1 aromatic carbocycles. The van der Waals surface area contributed by atoms with Crippen molar-refractivity contribution in [1.29, 1.82) is 0 Å². The number of carbonyl (C=O) groups is 1. The second kappa shape index (κ2) is 3.83. The van der Waals surface area contributed by atoms with Gasteiger partial charge in [-0.3, -0.25) is 4.68 Å². The van der Waals surface area contributed by atoms with Crippen LogP contribution in [0.5, 0.6) is 0 Å². The van der Waals surface area contributed by atoms with Crippen molar-refractivity contribution in [3.63, 3.8) is 0 Å². The molecule has 5 nitrogen and oxygen atoms in total. The van der Waals surface area contributed by atoms with E-state index in [2.05, 4.69) is 15.7 Å². The van der Waals surface area contributed by atoms with Gasteiger partial charge in [0, 0.05) is 30.1 Å². The molecule has 0 radical (unpaired) electrons. The summed E-state index contributed by atoms with van der Waals surface area (Å²) in [6, 6.07) is 3.62. The number of amides is 2. The van der Waals surface area contributed by atoms with Gasteiger partial charge < -0.3 is 10.6 Å². The highest BCUT2D eigenvalue weighted by Crippen LogP contribution is 2.31. The van der Waals surface area contributed by atoms with Crippen LogP contribution in [0.15, 0.2) is 30.6 Å². The maximum Gasteiger partial charge on any atom is 0.320 e. The monoisotopic (exact) mass is 246 g/mol. The zero-order chi connectivity index (χ0) is 12.7. The average molecular weight is 246 g/mol. The second-order valence-corrected chi connectivity index (χ2v) is 4.21. The Hall–Kier alpha value is -2.37. The summed E-state index contributed by atoms with van der Waals surface area (Å²) in [4.78, 5) is 11.6. The fraction of sp³-hybridized carbons (Fsp3) is 0.167. The molecule has 2 amide bonds. The molecule has 3 rings (SSSR count). The van der Waals surface area contributed by atoms with Crippen LogP contribution in [0.25, 0.3) is 0 Å². The molecular weight excluding hydrogens is 235 g/mol. The Labute approximate surface area is 103 Å². The van der Waals surface area contributed by atoms with Crippen molar-refractivity contribution in [3.05, 3.63) is 47.5 Å². The number of halogens is 1. The summed E-state index contributed by atoms with van der Waals surface area (Å²) in [6.45, 7) is 0. The van der Waals surface area contributed by atoms with Crippen LogP contribution in [0, 0.1) is 5.82 Å². The van der Waals surface area contributed by atoms with Crippen LogP contribution >= 0.6 is 0 Å². The number of hydrogen-bond acceptors (Lipinski definition) is 2. The van der Waals surface area contributed by atoms with E-state index in [4.69, 9.17) is 0 Å². The lowest BCUT2D eigenvalue weighted by atomic mass is 9.98. The first-order valence-electron chi connectivity index (χ1n) is 5.49. The third-order valence-corrected chi connectivity index (χ3v) is 2.91. The molecule has 2 N–H and O–H groups in total. The van der Waals surface area contributed by atoms with Gasteiger partial charge in [0.25, 0.3) is 0 Å². The van der Waals surface area contributed by atoms with Crippen molar-refractivity contribution in [2.75, 3.05) is 5.32 Å². The minimum atomic E-state index is -0.377. The number of urea groups is 1. The Balaban J connectivity index is 2.11. The molecule has 92 valence electrons. The lowest BCUT2D eigenvalue weighted by molar-refractivity contribution is 0.249. The molecule has 0 spiro atoms.